The Morgan fingerprint density at radius 1 is 1.09 bits per heavy atom. The average Bonchev–Trinajstić information content (AvgIpc) is 2.48. The van der Waals surface area contributed by atoms with Crippen LogP contribution in [0.4, 0.5) is 4.39 Å². The van der Waals surface area contributed by atoms with Gasteiger partial charge in [-0.25, -0.2) is 4.39 Å². The van der Waals surface area contributed by atoms with Gasteiger partial charge in [-0.1, -0.05) is 0 Å². The maximum Gasteiger partial charge on any atom is 0.173 e. The molecule has 0 bridgehead atoms. The third-order valence-electron chi connectivity index (χ3n) is 3.40. The van der Waals surface area contributed by atoms with Crippen molar-refractivity contribution >= 4 is 12.0 Å². The van der Waals surface area contributed by atoms with E-state index in [1.807, 2.05) is 0 Å². The number of aromatic hydroxyl groups is 2. The average molecular weight is 302 g/mol. The molecule has 0 saturated carbocycles. The third-order valence-corrected chi connectivity index (χ3v) is 3.40. The zero-order valence-electron chi connectivity index (χ0n) is 11.2. The van der Waals surface area contributed by atoms with E-state index in [-0.39, 0.29) is 28.6 Å². The summed E-state index contributed by atoms with van der Waals surface area (Å²) in [6.45, 7) is 0. The van der Waals surface area contributed by atoms with Crippen molar-refractivity contribution in [2.75, 3.05) is 0 Å². The van der Waals surface area contributed by atoms with Gasteiger partial charge in [0.15, 0.2) is 11.5 Å². The summed E-state index contributed by atoms with van der Waals surface area (Å²) in [7, 11) is 0. The Labute approximate surface area is 124 Å². The molecule has 5 nitrogen and oxygen atoms in total. The molecule has 6 heteroatoms. The fraction of sp³-hybridized carbons (Fsp3) is 0.0625. The van der Waals surface area contributed by atoms with Gasteiger partial charge in [-0.2, -0.15) is 0 Å². The summed E-state index contributed by atoms with van der Waals surface area (Å²) in [5, 5.41) is 29.6. The molecule has 1 aliphatic rings. The lowest BCUT2D eigenvalue weighted by Crippen LogP contribution is -2.16. The molecule has 112 valence electrons. The molecule has 0 amide bonds. The molecule has 1 atom stereocenters. The number of benzene rings is 2. The van der Waals surface area contributed by atoms with Crippen LogP contribution >= 0.6 is 0 Å². The number of phenolic OH excluding ortho intramolecular Hbond substituents is 2. The van der Waals surface area contributed by atoms with Crippen molar-refractivity contribution in [2.24, 2.45) is 0 Å². The summed E-state index contributed by atoms with van der Waals surface area (Å²) in [5.74, 6) is -2.58. The molecule has 0 radical (unpaired) electrons. The minimum atomic E-state index is -1.13. The Morgan fingerprint density at radius 2 is 1.77 bits per heavy atom. The van der Waals surface area contributed by atoms with Gasteiger partial charge in [-0.3, -0.25) is 0 Å². The van der Waals surface area contributed by atoms with E-state index in [4.69, 9.17) is 4.74 Å². The van der Waals surface area contributed by atoms with Crippen molar-refractivity contribution < 1.29 is 29.2 Å². The van der Waals surface area contributed by atoms with E-state index in [2.05, 4.69) is 0 Å². The molecular formula is C16H11FO5. The van der Waals surface area contributed by atoms with Crippen LogP contribution in [-0.2, 0) is 4.79 Å². The first-order chi connectivity index (χ1) is 10.5. The molecule has 22 heavy (non-hydrogen) atoms. The number of hydrogen-bond acceptors (Lipinski definition) is 5. The molecular weight excluding hydrogens is 291 g/mol. The van der Waals surface area contributed by atoms with E-state index in [1.165, 1.54) is 30.3 Å². The van der Waals surface area contributed by atoms with E-state index >= 15 is 0 Å². The van der Waals surface area contributed by atoms with Gasteiger partial charge in [0.2, 0.25) is 0 Å². The first kappa shape index (κ1) is 13.9. The van der Waals surface area contributed by atoms with Gasteiger partial charge in [0.25, 0.3) is 0 Å². The van der Waals surface area contributed by atoms with Crippen molar-refractivity contribution in [3.8, 4) is 17.2 Å². The van der Waals surface area contributed by atoms with Gasteiger partial charge in [-0.15, -0.1) is 0 Å². The number of aliphatic hydroxyl groups is 1. The predicted molar refractivity (Wildman–Crippen MR) is 75.2 cm³/mol. The van der Waals surface area contributed by atoms with Crippen LogP contribution in [0.25, 0.3) is 5.76 Å². The van der Waals surface area contributed by atoms with Crippen molar-refractivity contribution in [1.29, 1.82) is 0 Å². The maximum absolute atomic E-state index is 13.0. The van der Waals surface area contributed by atoms with E-state index in [0.717, 1.165) is 6.07 Å². The van der Waals surface area contributed by atoms with Crippen LogP contribution in [0.3, 0.4) is 0 Å². The number of halogens is 1. The molecule has 0 saturated heterocycles. The lowest BCUT2D eigenvalue weighted by molar-refractivity contribution is -0.109. The number of carbonyl (C=O) groups is 1. The smallest absolute Gasteiger partial charge is 0.173 e. The highest BCUT2D eigenvalue weighted by molar-refractivity contribution is 5.80. The molecule has 2 aromatic carbocycles. The van der Waals surface area contributed by atoms with Crippen molar-refractivity contribution in [3.05, 3.63) is 59.1 Å². The summed E-state index contributed by atoms with van der Waals surface area (Å²) in [6, 6.07) is 7.41. The summed E-state index contributed by atoms with van der Waals surface area (Å²) in [4.78, 5) is 11.3. The maximum atomic E-state index is 13.0. The van der Waals surface area contributed by atoms with E-state index in [1.54, 1.807) is 0 Å². The quantitative estimate of drug-likeness (QED) is 0.743. The largest absolute Gasteiger partial charge is 0.508 e. The molecule has 0 aliphatic carbocycles. The Bertz CT molecular complexity index is 780. The van der Waals surface area contributed by atoms with Gasteiger partial charge in [0.1, 0.15) is 35.3 Å². The predicted octanol–water partition coefficient (Wildman–Crippen LogP) is 2.84. The minimum absolute atomic E-state index is 0.0328. The molecule has 0 aromatic heterocycles. The van der Waals surface area contributed by atoms with Crippen LogP contribution in [0.15, 0.2) is 42.2 Å². The molecule has 1 aliphatic heterocycles. The van der Waals surface area contributed by atoms with Gasteiger partial charge >= 0.3 is 0 Å². The number of aldehydes is 1. The second-order valence-corrected chi connectivity index (χ2v) is 4.81. The number of aliphatic hydroxyl groups excluding tert-OH is 1. The molecule has 0 spiro atoms. The summed E-state index contributed by atoms with van der Waals surface area (Å²) in [5.41, 5.74) is 0.426. The number of hydrogen-bond donors (Lipinski definition) is 3. The minimum Gasteiger partial charge on any atom is -0.508 e. The molecule has 1 heterocycles. The van der Waals surface area contributed by atoms with Crippen LogP contribution in [0.5, 0.6) is 17.2 Å². The highest BCUT2D eigenvalue weighted by Gasteiger charge is 2.33. The molecule has 3 rings (SSSR count). The zero-order valence-corrected chi connectivity index (χ0v) is 11.2. The lowest BCUT2D eigenvalue weighted by Gasteiger charge is -2.25. The lowest BCUT2D eigenvalue weighted by atomic mass is 9.92. The Balaban J connectivity index is 2.17. The van der Waals surface area contributed by atoms with Crippen LogP contribution in [-0.4, -0.2) is 21.6 Å². The second kappa shape index (κ2) is 5.07. The fourth-order valence-electron chi connectivity index (χ4n) is 2.38. The van der Waals surface area contributed by atoms with E-state index in [0.29, 0.717) is 11.8 Å². The van der Waals surface area contributed by atoms with Crippen molar-refractivity contribution in [1.82, 2.24) is 0 Å². The number of allylic oxidation sites excluding steroid dienone is 1. The molecule has 3 N–H and O–H groups in total. The number of carbonyl (C=O) groups excluding carboxylic acids is 1. The van der Waals surface area contributed by atoms with Crippen LogP contribution < -0.4 is 4.74 Å². The van der Waals surface area contributed by atoms with Gasteiger partial charge in [0.05, 0.1) is 5.56 Å². The van der Waals surface area contributed by atoms with Gasteiger partial charge in [0, 0.05) is 17.7 Å². The Hall–Kier alpha value is -3.02. The number of phenols is 2. The van der Waals surface area contributed by atoms with Gasteiger partial charge in [-0.05, 0) is 24.3 Å². The first-order valence-corrected chi connectivity index (χ1v) is 6.39. The fourth-order valence-corrected chi connectivity index (χ4v) is 2.38. The molecule has 1 unspecified atom stereocenters. The number of rotatable bonds is 2. The SMILES string of the molecule is O=CC1C(O)=C(c2ccc(F)cc2)Oc2cc(O)cc(O)c21. The summed E-state index contributed by atoms with van der Waals surface area (Å²) >= 11 is 0. The van der Waals surface area contributed by atoms with E-state index < -0.39 is 17.5 Å². The third kappa shape index (κ3) is 2.14. The van der Waals surface area contributed by atoms with Crippen LogP contribution in [0, 0.1) is 5.82 Å². The monoisotopic (exact) mass is 302 g/mol. The second-order valence-electron chi connectivity index (χ2n) is 4.81. The standard InChI is InChI=1S/C16H11FO5/c17-9-3-1-8(2-4-9)16-15(21)11(7-18)14-12(20)5-10(19)6-13(14)22-16/h1-7,11,19-21H. The Kier molecular flexibility index (Phi) is 3.21. The van der Waals surface area contributed by atoms with Gasteiger partial charge < -0.3 is 24.9 Å². The van der Waals surface area contributed by atoms with Crippen molar-refractivity contribution in [2.45, 2.75) is 5.92 Å². The summed E-state index contributed by atoms with van der Waals surface area (Å²) < 4.78 is 18.5. The highest BCUT2D eigenvalue weighted by atomic mass is 19.1. The summed E-state index contributed by atoms with van der Waals surface area (Å²) in [6.07, 6.45) is 0.455. The number of fused-ring (bicyclic) bond motifs is 1. The van der Waals surface area contributed by atoms with Crippen LogP contribution in [0.1, 0.15) is 17.0 Å². The number of ether oxygens (including phenoxy) is 1. The first-order valence-electron chi connectivity index (χ1n) is 6.39. The topological polar surface area (TPSA) is 87.0 Å². The van der Waals surface area contributed by atoms with E-state index in [9.17, 15) is 24.5 Å². The Morgan fingerprint density at radius 3 is 2.41 bits per heavy atom. The molecule has 2 aromatic rings. The highest BCUT2D eigenvalue weighted by Crippen LogP contribution is 2.46. The normalized spacial score (nSPS) is 16.9. The molecule has 0 fully saturated rings. The zero-order chi connectivity index (χ0) is 15.9. The van der Waals surface area contributed by atoms with Crippen LogP contribution in [0.2, 0.25) is 0 Å². The van der Waals surface area contributed by atoms with Crippen molar-refractivity contribution in [3.63, 3.8) is 0 Å².